The van der Waals surface area contributed by atoms with E-state index in [-0.39, 0.29) is 23.1 Å². The predicted molar refractivity (Wildman–Crippen MR) is 133 cm³/mol. The Morgan fingerprint density at radius 1 is 1.29 bits per heavy atom. The fraction of sp³-hybridized carbons (Fsp3) is 0.600. The number of ether oxygens (including phenoxy) is 1. The quantitative estimate of drug-likeness (QED) is 0.217. The summed E-state index contributed by atoms with van der Waals surface area (Å²) in [6.45, 7) is 1.51. The number of carbonyl (C=O) groups is 2. The van der Waals surface area contributed by atoms with Gasteiger partial charge in [-0.1, -0.05) is 6.42 Å². The normalized spacial score (nSPS) is 27.0. The van der Waals surface area contributed by atoms with Crippen LogP contribution in [0.4, 0.5) is 0 Å². The Kier molecular flexibility index (Phi) is 7.59. The number of ketones is 2. The number of aromatic nitrogens is 2. The standard InChI is InChI=1S/C25H35N7O3/c1-28-29-14-18(26)19-13-21(35-15-16-7-6-12-32(16)2)31-24(30-19)22(27)17-8-5-11-25(23(17)34)10-4-3-9-20(25)33/h13-14,16,26,28H,3-12,15,27H2,1-2H3/p+1/b22-17-,26-18?,29-14-/t16-,25+/m0/s1. The van der Waals surface area contributed by atoms with Gasteiger partial charge >= 0.3 is 0 Å². The van der Waals surface area contributed by atoms with Gasteiger partial charge in [-0.05, 0) is 58.5 Å². The molecule has 5 N–H and O–H groups in total. The Bertz CT molecular complexity index is 1060. The number of carbonyl (C=O) groups excluding carboxylic acids is 2. The van der Waals surface area contributed by atoms with Crippen LogP contribution in [0.2, 0.25) is 0 Å². The molecule has 2 aliphatic carbocycles. The summed E-state index contributed by atoms with van der Waals surface area (Å²) in [5, 5.41) is 10.2. The summed E-state index contributed by atoms with van der Waals surface area (Å²) in [7, 11) is 3.75. The number of likely N-dealkylation sites (N-methyl/N-ethyl adjacent to an activating group) is 1. The Hall–Kier alpha value is -3.14. The Labute approximate surface area is 205 Å². The number of likely N-dealkylation sites (tertiary alicyclic amines) is 1. The third-order valence-electron chi connectivity index (χ3n) is 7.52. The average Bonchev–Trinajstić information content (AvgIpc) is 3.28. The third kappa shape index (κ3) is 5.12. The van der Waals surface area contributed by atoms with Crippen molar-refractivity contribution < 1.29 is 19.7 Å². The molecule has 35 heavy (non-hydrogen) atoms. The minimum atomic E-state index is -0.939. The predicted octanol–water partition coefficient (Wildman–Crippen LogP) is 0.255. The average molecular weight is 483 g/mol. The topological polar surface area (TPSA) is 148 Å². The second-order valence-electron chi connectivity index (χ2n) is 9.73. The third-order valence-corrected chi connectivity index (χ3v) is 7.52. The lowest BCUT2D eigenvalue weighted by molar-refractivity contribution is -0.143. The zero-order chi connectivity index (χ0) is 25.0. The SMILES string of the molecule is CN/N=C\C(=[NH2+])c1cc(OC[C@@H]2CCCN2C)nc(/C(N)=C2\CCC[C@@]3(CCCCC3=O)C2=O)n1. The van der Waals surface area contributed by atoms with Crippen molar-refractivity contribution in [2.45, 2.75) is 63.8 Å². The number of nitrogens with zero attached hydrogens (tertiary/aromatic N) is 4. The molecule has 10 nitrogen and oxygen atoms in total. The van der Waals surface area contributed by atoms with Crippen LogP contribution < -0.4 is 21.3 Å². The van der Waals surface area contributed by atoms with Gasteiger partial charge in [0.15, 0.2) is 11.6 Å². The van der Waals surface area contributed by atoms with Gasteiger partial charge in [0.25, 0.3) is 0 Å². The van der Waals surface area contributed by atoms with E-state index in [9.17, 15) is 9.59 Å². The van der Waals surface area contributed by atoms with Crippen LogP contribution in [0.15, 0.2) is 16.7 Å². The van der Waals surface area contributed by atoms with Crippen LogP contribution in [0.25, 0.3) is 5.70 Å². The molecule has 10 heteroatoms. The molecule has 3 fully saturated rings. The van der Waals surface area contributed by atoms with Gasteiger partial charge in [0, 0.05) is 31.1 Å². The van der Waals surface area contributed by atoms with Crippen LogP contribution in [0.1, 0.15) is 69.3 Å². The van der Waals surface area contributed by atoms with Crippen molar-refractivity contribution in [1.29, 1.82) is 0 Å². The van der Waals surface area contributed by atoms with E-state index in [4.69, 9.17) is 15.9 Å². The molecule has 0 aromatic carbocycles. The van der Waals surface area contributed by atoms with E-state index in [0.29, 0.717) is 61.2 Å². The highest BCUT2D eigenvalue weighted by molar-refractivity contribution is 6.34. The van der Waals surface area contributed by atoms with Gasteiger partial charge in [-0.25, -0.2) is 4.98 Å². The number of nitrogens with one attached hydrogen (secondary N) is 1. The molecule has 1 saturated heterocycles. The molecular weight excluding hydrogens is 446 g/mol. The number of hydrazone groups is 1. The van der Waals surface area contributed by atoms with Crippen LogP contribution in [0, 0.1) is 5.41 Å². The lowest BCUT2D eigenvalue weighted by Gasteiger charge is -2.38. The van der Waals surface area contributed by atoms with Crippen LogP contribution in [-0.4, -0.2) is 71.6 Å². The molecule has 2 heterocycles. The Balaban J connectivity index is 1.68. The summed E-state index contributed by atoms with van der Waals surface area (Å²) < 4.78 is 6.05. The minimum Gasteiger partial charge on any atom is -0.476 e. The molecule has 2 saturated carbocycles. The zero-order valence-electron chi connectivity index (χ0n) is 20.7. The molecule has 1 aliphatic heterocycles. The van der Waals surface area contributed by atoms with E-state index >= 15 is 0 Å². The van der Waals surface area contributed by atoms with Crippen molar-refractivity contribution in [2.24, 2.45) is 16.3 Å². The summed E-state index contributed by atoms with van der Waals surface area (Å²) in [5.74, 6) is 0.394. The van der Waals surface area contributed by atoms with Crippen LogP contribution >= 0.6 is 0 Å². The monoisotopic (exact) mass is 482 g/mol. The first-order valence-corrected chi connectivity index (χ1v) is 12.5. The van der Waals surface area contributed by atoms with Gasteiger partial charge in [-0.15, -0.1) is 0 Å². The minimum absolute atomic E-state index is 0.0407. The molecule has 0 unspecified atom stereocenters. The van der Waals surface area contributed by atoms with Crippen molar-refractivity contribution in [3.05, 3.63) is 23.2 Å². The number of rotatable bonds is 7. The lowest BCUT2D eigenvalue weighted by Crippen LogP contribution is -2.45. The molecule has 1 aromatic heterocycles. The molecule has 0 bridgehead atoms. The van der Waals surface area contributed by atoms with Gasteiger partial charge in [0.05, 0.1) is 11.1 Å². The first-order chi connectivity index (χ1) is 16.9. The van der Waals surface area contributed by atoms with Gasteiger partial charge in [-0.2, -0.15) is 10.1 Å². The van der Waals surface area contributed by atoms with Crippen LogP contribution in [0.3, 0.4) is 0 Å². The van der Waals surface area contributed by atoms with E-state index in [1.165, 1.54) is 6.21 Å². The first kappa shape index (κ1) is 25.0. The van der Waals surface area contributed by atoms with E-state index in [1.54, 1.807) is 13.1 Å². The second kappa shape index (κ2) is 10.6. The lowest BCUT2D eigenvalue weighted by atomic mass is 9.62. The van der Waals surface area contributed by atoms with Gasteiger partial charge in [0.1, 0.15) is 24.3 Å². The van der Waals surface area contributed by atoms with Crippen molar-refractivity contribution >= 4 is 29.2 Å². The largest absolute Gasteiger partial charge is 0.476 e. The van der Waals surface area contributed by atoms with E-state index in [0.717, 1.165) is 38.6 Å². The van der Waals surface area contributed by atoms with Gasteiger partial charge < -0.3 is 20.8 Å². The number of Topliss-reactive ketones (excluding diaryl/α,β-unsaturated/α-hetero) is 2. The molecule has 4 rings (SSSR count). The number of allylic oxidation sites excluding steroid dienone is 1. The van der Waals surface area contributed by atoms with Gasteiger partial charge in [0.2, 0.25) is 11.6 Å². The Morgan fingerprint density at radius 2 is 2.09 bits per heavy atom. The number of hydrogen-bond donors (Lipinski definition) is 3. The maximum atomic E-state index is 13.6. The molecular formula is C25H36N7O3+. The highest BCUT2D eigenvalue weighted by Gasteiger charge is 2.49. The smallest absolute Gasteiger partial charge is 0.243 e. The molecule has 188 valence electrons. The second-order valence-corrected chi connectivity index (χ2v) is 9.73. The molecule has 0 radical (unpaired) electrons. The van der Waals surface area contributed by atoms with Crippen LogP contribution in [0.5, 0.6) is 5.88 Å². The Morgan fingerprint density at radius 3 is 2.80 bits per heavy atom. The summed E-state index contributed by atoms with van der Waals surface area (Å²) in [6, 6.07) is 1.96. The van der Waals surface area contributed by atoms with Crippen molar-refractivity contribution in [3.63, 3.8) is 0 Å². The zero-order valence-corrected chi connectivity index (χ0v) is 20.7. The molecule has 3 aliphatic rings. The van der Waals surface area contributed by atoms with Gasteiger partial charge in [-0.3, -0.25) is 15.0 Å². The molecule has 1 aromatic rings. The molecule has 0 amide bonds. The maximum Gasteiger partial charge on any atom is 0.243 e. The number of hydrogen-bond acceptors (Lipinski definition) is 9. The van der Waals surface area contributed by atoms with Crippen molar-refractivity contribution in [3.8, 4) is 5.88 Å². The molecule has 1 spiro atoms. The highest BCUT2D eigenvalue weighted by atomic mass is 16.5. The summed E-state index contributed by atoms with van der Waals surface area (Å²) in [4.78, 5) is 37.8. The van der Waals surface area contributed by atoms with E-state index in [1.807, 2.05) is 0 Å². The summed E-state index contributed by atoms with van der Waals surface area (Å²) in [6.07, 6.45) is 8.22. The fourth-order valence-electron chi connectivity index (χ4n) is 5.41. The fourth-order valence-corrected chi connectivity index (χ4v) is 5.41. The summed E-state index contributed by atoms with van der Waals surface area (Å²) in [5.41, 5.74) is 9.59. The molecule has 2 atom stereocenters. The van der Waals surface area contributed by atoms with Crippen LogP contribution in [-0.2, 0) is 9.59 Å². The van der Waals surface area contributed by atoms with Crippen molar-refractivity contribution in [2.75, 3.05) is 27.2 Å². The highest BCUT2D eigenvalue weighted by Crippen LogP contribution is 2.45. The van der Waals surface area contributed by atoms with E-state index < -0.39 is 5.41 Å². The number of nitrogens with two attached hydrogens (primary N) is 2. The maximum absolute atomic E-state index is 13.6. The first-order valence-electron chi connectivity index (χ1n) is 12.5. The van der Waals surface area contributed by atoms with Crippen molar-refractivity contribution in [1.82, 2.24) is 20.3 Å². The van der Waals surface area contributed by atoms with E-state index in [2.05, 4.69) is 32.4 Å². The summed E-state index contributed by atoms with van der Waals surface area (Å²) >= 11 is 0.